The van der Waals surface area contributed by atoms with Crippen molar-refractivity contribution in [2.45, 2.75) is 11.7 Å². The highest BCUT2D eigenvalue weighted by molar-refractivity contribution is 7.79. The average Bonchev–Trinajstić information content (AvgIpc) is 2.95. The van der Waals surface area contributed by atoms with E-state index in [9.17, 15) is 18.9 Å². The summed E-state index contributed by atoms with van der Waals surface area (Å²) in [6.45, 7) is 0. The highest BCUT2D eigenvalue weighted by atomic mass is 32.2. The topological polar surface area (TPSA) is 114 Å². The number of rotatable bonds is 5. The first-order valence-corrected chi connectivity index (χ1v) is 7.15. The molecule has 0 aromatic carbocycles. The number of nitro groups is 1. The molecule has 0 aliphatic rings. The highest BCUT2D eigenvalue weighted by Gasteiger charge is 2.23. The lowest BCUT2D eigenvalue weighted by atomic mass is 10.3. The normalized spacial score (nSPS) is 14.2. The molecule has 0 aliphatic heterocycles. The molecule has 2 heterocycles. The van der Waals surface area contributed by atoms with E-state index in [1.807, 2.05) is 0 Å². The van der Waals surface area contributed by atoms with Crippen LogP contribution in [0.15, 0.2) is 17.8 Å². The predicted molar refractivity (Wildman–Crippen MR) is 67.3 cm³/mol. The van der Waals surface area contributed by atoms with Crippen LogP contribution in [0.1, 0.15) is 16.1 Å². The number of nitrogens with zero attached hydrogens (tertiary/aromatic N) is 4. The Morgan fingerprint density at radius 2 is 2.32 bits per heavy atom. The second-order valence-electron chi connectivity index (χ2n) is 3.67. The number of hydrogen-bond donors (Lipinski definition) is 0. The van der Waals surface area contributed by atoms with Crippen molar-refractivity contribution >= 4 is 28.2 Å². The molecular formula is C9H9N4O4S2-. The fraction of sp³-hybridized carbons (Fsp3) is 0.333. The number of hydrogen-bond acceptors (Lipinski definition) is 7. The van der Waals surface area contributed by atoms with E-state index in [4.69, 9.17) is 0 Å². The molecule has 0 saturated carbocycles. The van der Waals surface area contributed by atoms with Gasteiger partial charge in [-0.25, -0.2) is 14.5 Å². The summed E-state index contributed by atoms with van der Waals surface area (Å²) in [5.74, 6) is 0.153. The molecular weight excluding hydrogens is 292 g/mol. The molecule has 2 rings (SSSR count). The second kappa shape index (κ2) is 5.55. The number of imidazole rings is 1. The minimum Gasteiger partial charge on any atom is -0.772 e. The fourth-order valence-corrected chi connectivity index (χ4v) is 3.12. The molecule has 2 unspecified atom stereocenters. The first-order valence-electron chi connectivity index (χ1n) is 5.13. The molecule has 2 aromatic rings. The van der Waals surface area contributed by atoms with Gasteiger partial charge in [0.25, 0.3) is 0 Å². The zero-order chi connectivity index (χ0) is 14.0. The Morgan fingerprint density at radius 3 is 2.79 bits per heavy atom. The molecule has 2 aromatic heterocycles. The molecule has 19 heavy (non-hydrogen) atoms. The Kier molecular flexibility index (Phi) is 4.02. The van der Waals surface area contributed by atoms with Crippen LogP contribution in [0.2, 0.25) is 0 Å². The van der Waals surface area contributed by atoms with Crippen molar-refractivity contribution in [3.8, 4) is 0 Å². The largest absolute Gasteiger partial charge is 0.772 e. The third-order valence-corrected chi connectivity index (χ3v) is 4.47. The summed E-state index contributed by atoms with van der Waals surface area (Å²) in [5.41, 5.74) is 0. The van der Waals surface area contributed by atoms with Crippen molar-refractivity contribution in [1.82, 2.24) is 14.5 Å². The van der Waals surface area contributed by atoms with E-state index >= 15 is 0 Å². The monoisotopic (exact) mass is 301 g/mol. The fourth-order valence-electron chi connectivity index (χ4n) is 1.59. The van der Waals surface area contributed by atoms with Gasteiger partial charge in [-0.2, -0.15) is 0 Å². The third kappa shape index (κ3) is 2.85. The first-order chi connectivity index (χ1) is 9.00. The molecule has 0 aliphatic carbocycles. The Bertz CT molecular complexity index is 610. The first kappa shape index (κ1) is 13.8. The van der Waals surface area contributed by atoms with Crippen molar-refractivity contribution in [2.24, 2.45) is 7.05 Å². The summed E-state index contributed by atoms with van der Waals surface area (Å²) in [6, 6.07) is 0. The van der Waals surface area contributed by atoms with Crippen molar-refractivity contribution in [3.63, 3.8) is 0 Å². The van der Waals surface area contributed by atoms with Gasteiger partial charge in [-0.3, -0.25) is 4.21 Å². The summed E-state index contributed by atoms with van der Waals surface area (Å²) in [5, 5.41) is 12.0. The molecule has 10 heteroatoms. The molecule has 0 radical (unpaired) electrons. The Hall–Kier alpha value is -1.65. The molecule has 2 atom stereocenters. The van der Waals surface area contributed by atoms with Gasteiger partial charge in [0.05, 0.1) is 12.3 Å². The molecule has 102 valence electrons. The van der Waals surface area contributed by atoms with E-state index in [0.29, 0.717) is 10.8 Å². The van der Waals surface area contributed by atoms with E-state index < -0.39 is 21.3 Å². The summed E-state index contributed by atoms with van der Waals surface area (Å²) in [6.07, 6.45) is 2.68. The van der Waals surface area contributed by atoms with Gasteiger partial charge in [0.15, 0.2) is 5.82 Å². The van der Waals surface area contributed by atoms with E-state index in [-0.39, 0.29) is 12.2 Å². The van der Waals surface area contributed by atoms with Crippen LogP contribution in [-0.2, 0) is 24.5 Å². The van der Waals surface area contributed by atoms with Crippen LogP contribution in [-0.4, -0.2) is 28.2 Å². The lowest BCUT2D eigenvalue weighted by Crippen LogP contribution is -2.12. The zero-order valence-corrected chi connectivity index (χ0v) is 11.4. The van der Waals surface area contributed by atoms with Crippen LogP contribution in [0.3, 0.4) is 0 Å². The molecule has 8 nitrogen and oxygen atoms in total. The van der Waals surface area contributed by atoms with Gasteiger partial charge in [-0.05, 0) is 16.0 Å². The van der Waals surface area contributed by atoms with Gasteiger partial charge in [-0.15, -0.1) is 11.3 Å². The van der Waals surface area contributed by atoms with Gasteiger partial charge < -0.3 is 14.7 Å². The lowest BCUT2D eigenvalue weighted by Gasteiger charge is -2.15. The van der Waals surface area contributed by atoms with Gasteiger partial charge in [0.1, 0.15) is 11.2 Å². The standard InChI is InChI=1S/C9H10N4O4S2/c1-12-7(11-5-8(12)13(14)15)4-6(19(16)17)9-10-2-3-18-9/h2-3,5-6H,4H2,1H3,(H,16,17)/p-1. The maximum Gasteiger partial charge on any atom is 0.342 e. The molecule has 0 saturated heterocycles. The van der Waals surface area contributed by atoms with Crippen LogP contribution in [0, 0.1) is 10.1 Å². The van der Waals surface area contributed by atoms with Gasteiger partial charge in [0.2, 0.25) is 0 Å². The van der Waals surface area contributed by atoms with Crippen LogP contribution < -0.4 is 0 Å². The number of aromatic nitrogens is 3. The second-order valence-corrected chi connectivity index (χ2v) is 5.69. The van der Waals surface area contributed by atoms with Gasteiger partial charge >= 0.3 is 5.82 Å². The molecule has 0 bridgehead atoms. The molecule has 0 N–H and O–H groups in total. The maximum atomic E-state index is 11.2. The maximum absolute atomic E-state index is 11.2. The summed E-state index contributed by atoms with van der Waals surface area (Å²) < 4.78 is 23.8. The van der Waals surface area contributed by atoms with Crippen LogP contribution in [0.5, 0.6) is 0 Å². The molecule has 0 spiro atoms. The van der Waals surface area contributed by atoms with Crippen LogP contribution >= 0.6 is 11.3 Å². The van der Waals surface area contributed by atoms with Crippen molar-refractivity contribution < 1.29 is 13.7 Å². The number of thiazole rings is 1. The zero-order valence-electron chi connectivity index (χ0n) is 9.75. The van der Waals surface area contributed by atoms with Crippen molar-refractivity contribution in [2.75, 3.05) is 0 Å². The SMILES string of the molecule is Cn1c([N+](=O)[O-])cnc1CC(c1nccs1)S(=O)[O-]. The summed E-state index contributed by atoms with van der Waals surface area (Å²) in [4.78, 5) is 18.0. The van der Waals surface area contributed by atoms with Crippen molar-refractivity contribution in [3.05, 3.63) is 38.7 Å². The minimum absolute atomic E-state index is 0.0496. The third-order valence-electron chi connectivity index (χ3n) is 2.57. The Balaban J connectivity index is 2.28. The molecule has 0 amide bonds. The van der Waals surface area contributed by atoms with E-state index in [1.54, 1.807) is 5.38 Å². The van der Waals surface area contributed by atoms with E-state index in [2.05, 4.69) is 9.97 Å². The van der Waals surface area contributed by atoms with Crippen LogP contribution in [0.25, 0.3) is 0 Å². The highest BCUT2D eigenvalue weighted by Crippen LogP contribution is 2.26. The summed E-state index contributed by atoms with van der Waals surface area (Å²) >= 11 is -1.15. The quantitative estimate of drug-likeness (QED) is 0.461. The lowest BCUT2D eigenvalue weighted by molar-refractivity contribution is -0.391. The Labute approximate surface area is 114 Å². The van der Waals surface area contributed by atoms with E-state index in [1.165, 1.54) is 29.1 Å². The Morgan fingerprint density at radius 1 is 1.58 bits per heavy atom. The average molecular weight is 301 g/mol. The van der Waals surface area contributed by atoms with Crippen LogP contribution in [0.4, 0.5) is 5.82 Å². The van der Waals surface area contributed by atoms with Crippen molar-refractivity contribution in [1.29, 1.82) is 0 Å². The van der Waals surface area contributed by atoms with E-state index in [0.717, 1.165) is 6.20 Å². The predicted octanol–water partition coefficient (Wildman–Crippen LogP) is 0.948. The smallest absolute Gasteiger partial charge is 0.342 e. The molecule has 0 fully saturated rings. The summed E-state index contributed by atoms with van der Waals surface area (Å²) in [7, 11) is 1.48. The minimum atomic E-state index is -2.37. The van der Waals surface area contributed by atoms with Gasteiger partial charge in [-0.1, -0.05) is 0 Å². The van der Waals surface area contributed by atoms with Gasteiger partial charge in [0, 0.05) is 18.0 Å².